The molecule has 2 aliphatic rings. The van der Waals surface area contributed by atoms with E-state index in [1.54, 1.807) is 29.3 Å². The van der Waals surface area contributed by atoms with Gasteiger partial charge in [0.2, 0.25) is 5.88 Å². The van der Waals surface area contributed by atoms with Crippen LogP contribution >= 0.6 is 0 Å². The molecule has 3 heterocycles. The van der Waals surface area contributed by atoms with Crippen LogP contribution < -0.4 is 4.74 Å². The number of hydrogen-bond donors (Lipinski definition) is 1. The molecule has 0 aliphatic carbocycles. The molecule has 1 amide bonds. The molecule has 11 heteroatoms. The third kappa shape index (κ3) is 7.07. The van der Waals surface area contributed by atoms with Crippen molar-refractivity contribution >= 4 is 11.9 Å². The Hall–Kier alpha value is -3.18. The molecule has 8 nitrogen and oxygen atoms in total. The van der Waals surface area contributed by atoms with Crippen molar-refractivity contribution in [1.82, 2.24) is 14.8 Å². The second-order valence-electron chi connectivity index (χ2n) is 10.2. The van der Waals surface area contributed by atoms with Crippen LogP contribution in [-0.4, -0.2) is 89.7 Å². The highest BCUT2D eigenvalue weighted by molar-refractivity contribution is 5.98. The number of carbonyl (C=O) groups is 2. The number of aliphatic hydroxyl groups is 1. The van der Waals surface area contributed by atoms with Crippen LogP contribution in [0.15, 0.2) is 36.5 Å². The third-order valence-electron chi connectivity index (χ3n) is 7.43. The number of β-amino-alcohol motifs (C(OH)–C–C–N with tert-alkyl or cyclic N) is 1. The predicted octanol–water partition coefficient (Wildman–Crippen LogP) is 3.77. The Morgan fingerprint density at radius 2 is 1.87 bits per heavy atom. The number of aliphatic hydroxyl groups excluding tert-OH is 1. The molecule has 1 aromatic heterocycles. The number of likely N-dealkylation sites (tertiary alicyclic amines) is 2. The normalized spacial score (nSPS) is 20.7. The molecule has 4 rings (SSSR count). The zero-order chi connectivity index (χ0) is 28.2. The van der Waals surface area contributed by atoms with E-state index in [-0.39, 0.29) is 37.4 Å². The molecule has 0 unspecified atom stereocenters. The van der Waals surface area contributed by atoms with Crippen molar-refractivity contribution in [3.63, 3.8) is 0 Å². The van der Waals surface area contributed by atoms with E-state index in [1.165, 1.54) is 26.2 Å². The first-order valence-corrected chi connectivity index (χ1v) is 13.2. The highest BCUT2D eigenvalue weighted by atomic mass is 19.3. The standard InChI is InChI=1S/C28H34F3N3O5/c1-3-28(30,31)17-33-10-8-18(9-11-33)16-39-25-7-5-20(14-32-25)19-4-6-22(23(29)12-19)26(36)34-15-21(35)13-24(34)27(37)38-2/h4-7,12,14,18,21,24,35H,3,8-11,13,15-17H2,1-2H3/t21-,24+/m1/s1. The number of hydrogen-bond acceptors (Lipinski definition) is 7. The number of benzene rings is 1. The van der Waals surface area contributed by atoms with Gasteiger partial charge in [-0.1, -0.05) is 13.0 Å². The summed E-state index contributed by atoms with van der Waals surface area (Å²) in [6.07, 6.45) is 2.09. The molecule has 39 heavy (non-hydrogen) atoms. The van der Waals surface area contributed by atoms with Gasteiger partial charge < -0.3 is 19.5 Å². The second kappa shape index (κ2) is 12.3. The minimum absolute atomic E-state index is 0.0370. The van der Waals surface area contributed by atoms with Crippen molar-refractivity contribution in [3.05, 3.63) is 47.9 Å². The summed E-state index contributed by atoms with van der Waals surface area (Å²) >= 11 is 0. The number of piperidine rings is 1. The monoisotopic (exact) mass is 549 g/mol. The minimum Gasteiger partial charge on any atom is -0.477 e. The highest BCUT2D eigenvalue weighted by Gasteiger charge is 2.40. The summed E-state index contributed by atoms with van der Waals surface area (Å²) in [5.74, 6) is -4.10. The molecule has 2 aromatic rings. The van der Waals surface area contributed by atoms with Gasteiger partial charge in [0.1, 0.15) is 11.9 Å². The molecule has 2 atom stereocenters. The van der Waals surface area contributed by atoms with Crippen LogP contribution in [0, 0.1) is 11.7 Å². The lowest BCUT2D eigenvalue weighted by Gasteiger charge is -2.33. The van der Waals surface area contributed by atoms with Gasteiger partial charge in [-0.2, -0.15) is 0 Å². The predicted molar refractivity (Wildman–Crippen MR) is 137 cm³/mol. The van der Waals surface area contributed by atoms with Crippen LogP contribution in [-0.2, 0) is 9.53 Å². The van der Waals surface area contributed by atoms with Gasteiger partial charge in [0.05, 0.1) is 31.9 Å². The van der Waals surface area contributed by atoms with Gasteiger partial charge in [-0.3, -0.25) is 9.69 Å². The first kappa shape index (κ1) is 28.8. The number of aromatic nitrogens is 1. The number of methoxy groups -OCH3 is 1. The number of amides is 1. The lowest BCUT2D eigenvalue weighted by atomic mass is 9.97. The van der Waals surface area contributed by atoms with Crippen LogP contribution in [0.2, 0.25) is 0 Å². The molecule has 1 N–H and O–H groups in total. The zero-order valence-corrected chi connectivity index (χ0v) is 22.1. The van der Waals surface area contributed by atoms with Gasteiger partial charge in [-0.05, 0) is 55.6 Å². The Labute approximate surface area is 225 Å². The molecule has 2 saturated heterocycles. The highest BCUT2D eigenvalue weighted by Crippen LogP contribution is 2.28. The van der Waals surface area contributed by atoms with Gasteiger partial charge in [-0.15, -0.1) is 0 Å². The van der Waals surface area contributed by atoms with E-state index in [0.29, 0.717) is 36.7 Å². The molecule has 0 bridgehead atoms. The maximum Gasteiger partial charge on any atom is 0.328 e. The Bertz CT molecular complexity index is 1160. The van der Waals surface area contributed by atoms with Gasteiger partial charge >= 0.3 is 5.97 Å². The van der Waals surface area contributed by atoms with E-state index in [2.05, 4.69) is 4.98 Å². The first-order chi connectivity index (χ1) is 18.6. The molecule has 2 aliphatic heterocycles. The van der Waals surface area contributed by atoms with E-state index in [1.807, 2.05) is 0 Å². The van der Waals surface area contributed by atoms with Crippen molar-refractivity contribution in [2.75, 3.05) is 39.9 Å². The van der Waals surface area contributed by atoms with E-state index >= 15 is 0 Å². The minimum atomic E-state index is -2.65. The van der Waals surface area contributed by atoms with E-state index in [9.17, 15) is 27.9 Å². The maximum absolute atomic E-state index is 15.0. The summed E-state index contributed by atoms with van der Waals surface area (Å²) in [6, 6.07) is 6.60. The van der Waals surface area contributed by atoms with Crippen LogP contribution in [0.5, 0.6) is 5.88 Å². The summed E-state index contributed by atoms with van der Waals surface area (Å²) in [6.45, 7) is 2.87. The third-order valence-corrected chi connectivity index (χ3v) is 7.43. The van der Waals surface area contributed by atoms with E-state index in [4.69, 9.17) is 9.47 Å². The summed E-state index contributed by atoms with van der Waals surface area (Å²) in [7, 11) is 1.19. The van der Waals surface area contributed by atoms with E-state index < -0.39 is 35.8 Å². The van der Waals surface area contributed by atoms with Crippen LogP contribution in [0.4, 0.5) is 13.2 Å². The molecular weight excluding hydrogens is 515 g/mol. The second-order valence-corrected chi connectivity index (χ2v) is 10.2. The lowest BCUT2D eigenvalue weighted by molar-refractivity contribution is -0.145. The molecule has 1 aromatic carbocycles. The van der Waals surface area contributed by atoms with Crippen molar-refractivity contribution in [2.24, 2.45) is 5.92 Å². The van der Waals surface area contributed by atoms with Gasteiger partial charge in [0, 0.05) is 37.2 Å². The largest absolute Gasteiger partial charge is 0.477 e. The Morgan fingerprint density at radius 3 is 2.49 bits per heavy atom. The molecular formula is C28H34F3N3O5. The SMILES string of the molecule is CCC(F)(F)CN1CCC(COc2ccc(-c3ccc(C(=O)N4C[C@H](O)C[C@H]4C(=O)OC)c(F)c3)cn2)CC1. The first-order valence-electron chi connectivity index (χ1n) is 13.2. The summed E-state index contributed by atoms with van der Waals surface area (Å²) < 4.78 is 52.8. The number of nitrogens with zero attached hydrogens (tertiary/aromatic N) is 3. The molecule has 0 spiro atoms. The van der Waals surface area contributed by atoms with Crippen molar-refractivity contribution < 1.29 is 37.3 Å². The molecule has 0 radical (unpaired) electrons. The number of pyridine rings is 1. The van der Waals surface area contributed by atoms with Crippen LogP contribution in [0.1, 0.15) is 43.0 Å². The fraction of sp³-hybridized carbons (Fsp3) is 0.536. The fourth-order valence-electron chi connectivity index (χ4n) is 5.01. The zero-order valence-electron chi connectivity index (χ0n) is 22.1. The number of rotatable bonds is 9. The fourth-order valence-corrected chi connectivity index (χ4v) is 5.01. The van der Waals surface area contributed by atoms with Gasteiger partial charge in [0.25, 0.3) is 11.8 Å². The smallest absolute Gasteiger partial charge is 0.328 e. The number of ether oxygens (including phenoxy) is 2. The molecule has 2 fully saturated rings. The molecule has 0 saturated carbocycles. The lowest BCUT2D eigenvalue weighted by Crippen LogP contribution is -2.42. The van der Waals surface area contributed by atoms with E-state index in [0.717, 1.165) is 17.7 Å². The quantitative estimate of drug-likeness (QED) is 0.476. The van der Waals surface area contributed by atoms with Crippen LogP contribution in [0.3, 0.4) is 0 Å². The van der Waals surface area contributed by atoms with Crippen molar-refractivity contribution in [2.45, 2.75) is 50.7 Å². The maximum atomic E-state index is 15.0. The number of halogens is 3. The topological polar surface area (TPSA) is 92.2 Å². The Balaban J connectivity index is 1.32. The van der Waals surface area contributed by atoms with Crippen LogP contribution in [0.25, 0.3) is 11.1 Å². The molecule has 212 valence electrons. The van der Waals surface area contributed by atoms with Gasteiger partial charge in [0.15, 0.2) is 0 Å². The Kier molecular flexibility index (Phi) is 9.12. The van der Waals surface area contributed by atoms with Crippen molar-refractivity contribution in [3.8, 4) is 17.0 Å². The summed E-state index contributed by atoms with van der Waals surface area (Å²) in [5.41, 5.74) is 0.916. The summed E-state index contributed by atoms with van der Waals surface area (Å²) in [5, 5.41) is 9.92. The average molecular weight is 550 g/mol. The van der Waals surface area contributed by atoms with Gasteiger partial charge in [-0.25, -0.2) is 22.9 Å². The average Bonchev–Trinajstić information content (AvgIpc) is 3.33. The number of alkyl halides is 2. The number of esters is 1. The number of carbonyl (C=O) groups excluding carboxylic acids is 2. The Morgan fingerprint density at radius 1 is 1.15 bits per heavy atom. The van der Waals surface area contributed by atoms with Crippen molar-refractivity contribution in [1.29, 1.82) is 0 Å². The summed E-state index contributed by atoms with van der Waals surface area (Å²) in [4.78, 5) is 32.2.